The smallest absolute Gasteiger partial charge is 0.239 e. The van der Waals surface area contributed by atoms with Crippen molar-refractivity contribution in [1.29, 1.82) is 0 Å². The first kappa shape index (κ1) is 8.10. The molecule has 0 saturated carbocycles. The normalized spacial score (nSPS) is 14.6. The molecular weight excluding hydrogens is 265 g/mol. The van der Waals surface area contributed by atoms with Gasteiger partial charge in [-0.15, -0.1) is 0 Å². The van der Waals surface area contributed by atoms with Crippen LogP contribution < -0.4 is 0 Å². The molecule has 0 N–H and O–H groups in total. The fourth-order valence-corrected chi connectivity index (χ4v) is 2.27. The van der Waals surface area contributed by atoms with Gasteiger partial charge in [0.05, 0.1) is 5.69 Å². The van der Waals surface area contributed by atoms with Crippen LogP contribution in [0.1, 0.15) is 25.5 Å². The van der Waals surface area contributed by atoms with Gasteiger partial charge in [-0.3, -0.25) is 4.57 Å². The third kappa shape index (κ3) is 1.35. The zero-order chi connectivity index (χ0) is 8.55. The van der Waals surface area contributed by atoms with Crippen LogP contribution in [0.3, 0.4) is 0 Å². The third-order valence-electron chi connectivity index (χ3n) is 1.72. The summed E-state index contributed by atoms with van der Waals surface area (Å²) in [5, 5.41) is 0. The van der Waals surface area contributed by atoms with Crippen LogP contribution in [0.25, 0.3) is 6.20 Å². The van der Waals surface area contributed by atoms with E-state index >= 15 is 0 Å². The van der Waals surface area contributed by atoms with Gasteiger partial charge in [-0.25, -0.2) is 4.98 Å². The van der Waals surface area contributed by atoms with Crippen molar-refractivity contribution < 1.29 is 0 Å². The molecule has 0 bridgehead atoms. The van der Waals surface area contributed by atoms with Crippen LogP contribution >= 0.6 is 21.0 Å². The summed E-state index contributed by atoms with van der Waals surface area (Å²) in [7, 11) is 0. The van der Waals surface area contributed by atoms with Crippen LogP contribution in [0, 0.1) is 0 Å². The molecule has 0 aliphatic carbocycles. The topological polar surface area (TPSA) is 30.2 Å². The fourth-order valence-electron chi connectivity index (χ4n) is 1.01. The van der Waals surface area contributed by atoms with E-state index in [0.29, 0.717) is 5.92 Å². The molecule has 0 amide bonds. The maximum Gasteiger partial charge on any atom is 0.239 e. The number of fused-ring (bicyclic) bond motifs is 1. The van der Waals surface area contributed by atoms with Crippen molar-refractivity contribution >= 4 is 33.2 Å². The molecule has 0 saturated heterocycles. The molecule has 1 aliphatic heterocycles. The van der Waals surface area contributed by atoms with Crippen molar-refractivity contribution in [3.05, 3.63) is 16.0 Å². The highest BCUT2D eigenvalue weighted by molar-refractivity contribution is 14.2. The molecule has 0 atom stereocenters. The number of nitrogens with zero attached hydrogens (tertiary/aromatic N) is 3. The molecule has 1 aromatic rings. The molecule has 1 aliphatic rings. The monoisotopic (exact) mass is 275 g/mol. The fraction of sp³-hybridized carbons (Fsp3) is 0.375. The van der Waals surface area contributed by atoms with E-state index in [-0.39, 0.29) is 21.0 Å². The molecule has 2 heterocycles. The average Bonchev–Trinajstić information content (AvgIpc) is 2.46. The number of rotatable bonds is 1. The van der Waals surface area contributed by atoms with Crippen molar-refractivity contribution in [3.8, 4) is 0 Å². The molecule has 12 heavy (non-hydrogen) atoms. The van der Waals surface area contributed by atoms with E-state index in [9.17, 15) is 0 Å². The summed E-state index contributed by atoms with van der Waals surface area (Å²) in [6.45, 7) is 4.29. The highest BCUT2D eigenvalue weighted by atomic mass is 127. The Labute approximate surface area is 81.7 Å². The average molecular weight is 275 g/mol. The summed E-state index contributed by atoms with van der Waals surface area (Å²) in [4.78, 5) is 4.42. The van der Waals surface area contributed by atoms with Crippen molar-refractivity contribution in [3.63, 3.8) is 0 Å². The Morgan fingerprint density at radius 3 is 3.00 bits per heavy atom. The first-order valence-electron chi connectivity index (χ1n) is 3.86. The summed E-state index contributed by atoms with van der Waals surface area (Å²) in [5.74, 6) is 1.37. The highest BCUT2D eigenvalue weighted by Gasteiger charge is 2.08. The maximum absolute atomic E-state index is 4.42. The maximum atomic E-state index is 4.42. The molecule has 1 aromatic heterocycles. The van der Waals surface area contributed by atoms with Crippen molar-refractivity contribution in [2.24, 2.45) is 3.15 Å². The van der Waals surface area contributed by atoms with E-state index in [1.807, 2.05) is 4.57 Å². The second-order valence-corrected chi connectivity index (χ2v) is 4.74. The van der Waals surface area contributed by atoms with Crippen LogP contribution in [-0.2, 0) is 0 Å². The number of halogens is 1. The van der Waals surface area contributed by atoms with E-state index in [1.54, 1.807) is 0 Å². The van der Waals surface area contributed by atoms with Gasteiger partial charge in [0.1, 0.15) is 0 Å². The molecule has 0 fully saturated rings. The molecule has 4 heteroatoms. The van der Waals surface area contributed by atoms with Crippen molar-refractivity contribution in [2.45, 2.75) is 19.8 Å². The summed E-state index contributed by atoms with van der Waals surface area (Å²) in [6, 6.07) is 0. The van der Waals surface area contributed by atoms with Crippen LogP contribution in [0.5, 0.6) is 0 Å². The van der Waals surface area contributed by atoms with E-state index in [2.05, 4.69) is 38.5 Å². The SMILES string of the molecule is CC(C)c1cn2c(n1)N=IC=C2. The first-order valence-corrected chi connectivity index (χ1v) is 6.07. The van der Waals surface area contributed by atoms with Gasteiger partial charge in [0.25, 0.3) is 0 Å². The van der Waals surface area contributed by atoms with Crippen LogP contribution in [0.4, 0.5) is 5.95 Å². The zero-order valence-electron chi connectivity index (χ0n) is 7.03. The standard InChI is InChI=1S/C8H10IN3/c1-6(2)7-5-12-4-3-9-11-8(12)10-7/h3-6H,1-2H3. The van der Waals surface area contributed by atoms with Gasteiger partial charge < -0.3 is 0 Å². The minimum absolute atomic E-state index is 0.120. The molecule has 0 aromatic carbocycles. The number of hydrogen-bond acceptors (Lipinski definition) is 2. The lowest BCUT2D eigenvalue weighted by molar-refractivity contribution is 0.832. The predicted molar refractivity (Wildman–Crippen MR) is 57.8 cm³/mol. The third-order valence-corrected chi connectivity index (χ3v) is 3.07. The Kier molecular flexibility index (Phi) is 2.08. The van der Waals surface area contributed by atoms with Gasteiger partial charge in [0, 0.05) is 37.5 Å². The molecule has 3 nitrogen and oxygen atoms in total. The number of imidazole rings is 1. The van der Waals surface area contributed by atoms with Gasteiger partial charge in [-0.1, -0.05) is 13.8 Å². The van der Waals surface area contributed by atoms with Gasteiger partial charge in [0.15, 0.2) is 0 Å². The summed E-state index contributed by atoms with van der Waals surface area (Å²) < 4.78 is 8.51. The van der Waals surface area contributed by atoms with Gasteiger partial charge in [-0.05, 0) is 5.92 Å². The Morgan fingerprint density at radius 1 is 1.50 bits per heavy atom. The molecule has 64 valence electrons. The van der Waals surface area contributed by atoms with Crippen LogP contribution in [0.15, 0.2) is 13.4 Å². The molecule has 0 radical (unpaired) electrons. The zero-order valence-corrected chi connectivity index (χ0v) is 9.19. The summed E-state index contributed by atoms with van der Waals surface area (Å²) in [5.41, 5.74) is 1.13. The Balaban J connectivity index is 2.47. The first-order chi connectivity index (χ1) is 5.77. The second kappa shape index (κ2) is 3.08. The van der Waals surface area contributed by atoms with E-state index in [0.717, 1.165) is 11.6 Å². The lowest BCUT2D eigenvalue weighted by atomic mass is 10.2. The predicted octanol–water partition coefficient (Wildman–Crippen LogP) is 3.23. The van der Waals surface area contributed by atoms with E-state index < -0.39 is 0 Å². The minimum Gasteiger partial charge on any atom is -0.290 e. The minimum atomic E-state index is -0.120. The van der Waals surface area contributed by atoms with Gasteiger partial charge >= 0.3 is 0 Å². The summed E-state index contributed by atoms with van der Waals surface area (Å²) in [6.07, 6.45) is 4.12. The van der Waals surface area contributed by atoms with Crippen molar-refractivity contribution in [2.75, 3.05) is 0 Å². The quantitative estimate of drug-likeness (QED) is 0.724. The molecule has 0 spiro atoms. The van der Waals surface area contributed by atoms with Gasteiger partial charge in [0.2, 0.25) is 5.95 Å². The molecular formula is C8H10IN3. The second-order valence-electron chi connectivity index (χ2n) is 2.98. The lowest BCUT2D eigenvalue weighted by Gasteiger charge is -1.96. The summed E-state index contributed by atoms with van der Waals surface area (Å²) >= 11 is -0.120. The van der Waals surface area contributed by atoms with E-state index in [1.165, 1.54) is 0 Å². The largest absolute Gasteiger partial charge is 0.290 e. The van der Waals surface area contributed by atoms with Crippen LogP contribution in [0.2, 0.25) is 0 Å². The van der Waals surface area contributed by atoms with Gasteiger partial charge in [-0.2, -0.15) is 3.15 Å². The molecule has 0 unspecified atom stereocenters. The highest BCUT2D eigenvalue weighted by Crippen LogP contribution is 2.26. The number of hydrogen-bond donors (Lipinski definition) is 0. The van der Waals surface area contributed by atoms with Crippen molar-refractivity contribution in [1.82, 2.24) is 9.55 Å². The molecule has 2 rings (SSSR count). The van der Waals surface area contributed by atoms with E-state index in [4.69, 9.17) is 0 Å². The Bertz CT molecular complexity index is 320. The Morgan fingerprint density at radius 2 is 2.33 bits per heavy atom. The number of aromatic nitrogens is 2. The Hall–Kier alpha value is -0.520. The lowest BCUT2D eigenvalue weighted by Crippen LogP contribution is -1.85. The van der Waals surface area contributed by atoms with Crippen LogP contribution in [-0.4, -0.2) is 9.55 Å².